The van der Waals surface area contributed by atoms with Crippen LogP contribution in [0.2, 0.25) is 0 Å². The van der Waals surface area contributed by atoms with Crippen LogP contribution in [0.15, 0.2) is 12.4 Å². The Morgan fingerprint density at radius 2 is 1.79 bits per heavy atom. The van der Waals surface area contributed by atoms with Gasteiger partial charge in [-0.1, -0.05) is 6.92 Å². The summed E-state index contributed by atoms with van der Waals surface area (Å²) in [6.45, 7) is 16.4. The zero-order chi connectivity index (χ0) is 17.7. The lowest BCUT2D eigenvalue weighted by atomic mass is 10.1. The molecule has 0 saturated carbocycles. The van der Waals surface area contributed by atoms with Crippen LogP contribution in [0.5, 0.6) is 0 Å². The van der Waals surface area contributed by atoms with E-state index >= 15 is 0 Å². The predicted octanol–water partition coefficient (Wildman–Crippen LogP) is 3.15. The van der Waals surface area contributed by atoms with E-state index in [0.29, 0.717) is 12.0 Å². The molecule has 0 bridgehead atoms. The fourth-order valence-corrected chi connectivity index (χ4v) is 2.80. The van der Waals surface area contributed by atoms with Crippen molar-refractivity contribution >= 4 is 5.95 Å². The second-order valence-electron chi connectivity index (χ2n) is 6.48. The topological polar surface area (TPSA) is 58.9 Å². The van der Waals surface area contributed by atoms with Crippen LogP contribution in [-0.2, 0) is 19.6 Å². The lowest BCUT2D eigenvalue weighted by Crippen LogP contribution is -2.23. The normalized spacial score (nSPS) is 11.5. The number of nitrogens with zero attached hydrogens (tertiary/aromatic N) is 5. The maximum atomic E-state index is 4.62. The van der Waals surface area contributed by atoms with Gasteiger partial charge in [-0.05, 0) is 41.2 Å². The molecule has 24 heavy (non-hydrogen) atoms. The van der Waals surface area contributed by atoms with Gasteiger partial charge in [0.05, 0.1) is 5.69 Å². The molecule has 0 unspecified atom stereocenters. The molecule has 0 radical (unpaired) electrons. The number of hydrogen-bond donors (Lipinski definition) is 1. The van der Waals surface area contributed by atoms with Crippen LogP contribution in [0.25, 0.3) is 0 Å². The van der Waals surface area contributed by atoms with Crippen LogP contribution in [0, 0.1) is 13.8 Å². The van der Waals surface area contributed by atoms with Gasteiger partial charge in [-0.25, -0.2) is 9.97 Å². The molecule has 2 aromatic heterocycles. The number of rotatable bonds is 8. The second-order valence-corrected chi connectivity index (χ2v) is 6.48. The minimum Gasteiger partial charge on any atom is -0.352 e. The fourth-order valence-electron chi connectivity index (χ4n) is 2.80. The third kappa shape index (κ3) is 4.54. The molecule has 132 valence electrons. The average Bonchev–Trinajstić information content (AvgIpc) is 2.82. The van der Waals surface area contributed by atoms with E-state index in [-0.39, 0.29) is 0 Å². The van der Waals surface area contributed by atoms with Crippen LogP contribution < -0.4 is 5.32 Å². The lowest BCUT2D eigenvalue weighted by Gasteiger charge is -2.20. The van der Waals surface area contributed by atoms with E-state index in [2.05, 4.69) is 71.5 Å². The highest BCUT2D eigenvalue weighted by atomic mass is 15.3. The van der Waals surface area contributed by atoms with E-state index < -0.39 is 0 Å². The van der Waals surface area contributed by atoms with Gasteiger partial charge in [-0.3, -0.25) is 9.58 Å². The Kier molecular flexibility index (Phi) is 6.31. The Morgan fingerprint density at radius 3 is 2.29 bits per heavy atom. The van der Waals surface area contributed by atoms with Crippen molar-refractivity contribution < 1.29 is 0 Å². The largest absolute Gasteiger partial charge is 0.352 e. The van der Waals surface area contributed by atoms with Crippen LogP contribution >= 0.6 is 0 Å². The van der Waals surface area contributed by atoms with Gasteiger partial charge in [-0.15, -0.1) is 0 Å². The number of hydrogen-bond acceptors (Lipinski definition) is 5. The number of anilines is 1. The Labute approximate surface area is 145 Å². The first-order chi connectivity index (χ1) is 11.4. The summed E-state index contributed by atoms with van der Waals surface area (Å²) >= 11 is 0. The molecule has 6 nitrogen and oxygen atoms in total. The van der Waals surface area contributed by atoms with Crippen molar-refractivity contribution in [1.82, 2.24) is 24.6 Å². The van der Waals surface area contributed by atoms with Crippen LogP contribution in [0.3, 0.4) is 0 Å². The molecule has 0 atom stereocenters. The zero-order valence-corrected chi connectivity index (χ0v) is 15.8. The number of aryl methyl sites for hydroxylation is 2. The average molecular weight is 330 g/mol. The summed E-state index contributed by atoms with van der Waals surface area (Å²) in [7, 11) is 0. The van der Waals surface area contributed by atoms with Crippen molar-refractivity contribution in [3.8, 4) is 0 Å². The van der Waals surface area contributed by atoms with E-state index in [4.69, 9.17) is 0 Å². The Morgan fingerprint density at radius 1 is 1.12 bits per heavy atom. The third-order valence-corrected chi connectivity index (χ3v) is 4.19. The summed E-state index contributed by atoms with van der Waals surface area (Å²) in [5.74, 6) is 0.688. The number of aromatic nitrogens is 4. The Balaban J connectivity index is 2.06. The molecule has 0 aliphatic rings. The van der Waals surface area contributed by atoms with E-state index in [0.717, 1.165) is 37.4 Å². The standard InChI is InChI=1S/C18H30N6/c1-7-23(12-17-14(5)22-24(8-2)15(17)6)11-16-9-19-18(20-10-16)21-13(3)4/h9-10,13H,7-8,11-12H2,1-6H3,(H,19,20,21). The van der Waals surface area contributed by atoms with Crippen molar-refractivity contribution in [2.75, 3.05) is 11.9 Å². The molecule has 2 rings (SSSR count). The van der Waals surface area contributed by atoms with Gasteiger partial charge in [0.15, 0.2) is 0 Å². The first-order valence-electron chi connectivity index (χ1n) is 8.77. The van der Waals surface area contributed by atoms with Gasteiger partial charge in [0, 0.05) is 54.9 Å². The molecule has 0 aliphatic carbocycles. The first kappa shape index (κ1) is 18.4. The molecular weight excluding hydrogens is 300 g/mol. The SMILES string of the molecule is CCN(Cc1cnc(NC(C)C)nc1)Cc1c(C)nn(CC)c1C. The minimum atomic E-state index is 0.337. The predicted molar refractivity (Wildman–Crippen MR) is 98.0 cm³/mol. The zero-order valence-electron chi connectivity index (χ0n) is 15.8. The third-order valence-electron chi connectivity index (χ3n) is 4.19. The van der Waals surface area contributed by atoms with Gasteiger partial charge in [0.2, 0.25) is 5.95 Å². The molecule has 0 saturated heterocycles. The van der Waals surface area contributed by atoms with Gasteiger partial charge < -0.3 is 5.32 Å². The molecule has 6 heteroatoms. The van der Waals surface area contributed by atoms with Gasteiger partial charge in [0.25, 0.3) is 0 Å². The molecule has 0 amide bonds. The summed E-state index contributed by atoms with van der Waals surface area (Å²) in [5.41, 5.74) is 4.85. The molecule has 2 aromatic rings. The van der Waals surface area contributed by atoms with Crippen molar-refractivity contribution in [3.63, 3.8) is 0 Å². The molecule has 0 aromatic carbocycles. The van der Waals surface area contributed by atoms with E-state index in [9.17, 15) is 0 Å². The van der Waals surface area contributed by atoms with Gasteiger partial charge in [-0.2, -0.15) is 5.10 Å². The maximum absolute atomic E-state index is 4.62. The quantitative estimate of drug-likeness (QED) is 0.806. The monoisotopic (exact) mass is 330 g/mol. The van der Waals surface area contributed by atoms with Crippen LogP contribution in [0.4, 0.5) is 5.95 Å². The highest BCUT2D eigenvalue weighted by Gasteiger charge is 2.14. The lowest BCUT2D eigenvalue weighted by molar-refractivity contribution is 0.269. The van der Waals surface area contributed by atoms with E-state index in [1.54, 1.807) is 0 Å². The van der Waals surface area contributed by atoms with E-state index in [1.165, 1.54) is 11.3 Å². The number of nitrogens with one attached hydrogen (secondary N) is 1. The molecule has 0 aliphatic heterocycles. The summed E-state index contributed by atoms with van der Waals surface area (Å²) in [5, 5.41) is 7.84. The fraction of sp³-hybridized carbons (Fsp3) is 0.611. The smallest absolute Gasteiger partial charge is 0.222 e. The maximum Gasteiger partial charge on any atom is 0.222 e. The Bertz CT molecular complexity index is 644. The summed E-state index contributed by atoms with van der Waals surface area (Å²) < 4.78 is 2.08. The second kappa shape index (κ2) is 8.24. The molecule has 0 fully saturated rings. The summed E-state index contributed by atoms with van der Waals surface area (Å²) in [4.78, 5) is 11.2. The summed E-state index contributed by atoms with van der Waals surface area (Å²) in [6.07, 6.45) is 3.82. The van der Waals surface area contributed by atoms with Gasteiger partial charge >= 0.3 is 0 Å². The van der Waals surface area contributed by atoms with E-state index in [1.807, 2.05) is 12.4 Å². The van der Waals surface area contributed by atoms with Gasteiger partial charge in [0.1, 0.15) is 0 Å². The van der Waals surface area contributed by atoms with Crippen molar-refractivity contribution in [2.45, 2.75) is 67.2 Å². The van der Waals surface area contributed by atoms with Crippen molar-refractivity contribution in [2.24, 2.45) is 0 Å². The molecular formula is C18H30N6. The minimum absolute atomic E-state index is 0.337. The van der Waals surface area contributed by atoms with Crippen molar-refractivity contribution in [3.05, 3.63) is 34.9 Å². The van der Waals surface area contributed by atoms with Crippen LogP contribution in [-0.4, -0.2) is 37.2 Å². The van der Waals surface area contributed by atoms with Crippen molar-refractivity contribution in [1.29, 1.82) is 0 Å². The first-order valence-corrected chi connectivity index (χ1v) is 8.77. The summed E-state index contributed by atoms with van der Waals surface area (Å²) in [6, 6.07) is 0.337. The highest BCUT2D eigenvalue weighted by molar-refractivity contribution is 5.26. The Hall–Kier alpha value is -1.95. The molecule has 0 spiro atoms. The van der Waals surface area contributed by atoms with Crippen LogP contribution in [0.1, 0.15) is 50.2 Å². The molecule has 1 N–H and O–H groups in total. The molecule has 2 heterocycles. The highest BCUT2D eigenvalue weighted by Crippen LogP contribution is 2.17.